The van der Waals surface area contributed by atoms with Crippen molar-refractivity contribution >= 4 is 11.0 Å². The summed E-state index contributed by atoms with van der Waals surface area (Å²) in [4.78, 5) is 4.57. The third kappa shape index (κ3) is 2.12. The summed E-state index contributed by atoms with van der Waals surface area (Å²) in [5.41, 5.74) is 1.78. The summed E-state index contributed by atoms with van der Waals surface area (Å²) in [6, 6.07) is 4.82. The molecule has 1 aromatic heterocycles. The van der Waals surface area contributed by atoms with Crippen LogP contribution in [0.1, 0.15) is 18.7 Å². The van der Waals surface area contributed by atoms with Gasteiger partial charge in [-0.25, -0.2) is 9.37 Å². The van der Waals surface area contributed by atoms with Gasteiger partial charge in [0.25, 0.3) is 0 Å². The fraction of sp³-hybridized carbons (Fsp3) is 0.500. The van der Waals surface area contributed by atoms with Gasteiger partial charge >= 0.3 is 0 Å². The molecule has 2 aromatic rings. The van der Waals surface area contributed by atoms with E-state index in [1.165, 1.54) is 25.0 Å². The predicted molar refractivity (Wildman–Crippen MR) is 70.0 cm³/mol. The van der Waals surface area contributed by atoms with Gasteiger partial charge < -0.3 is 9.88 Å². The lowest BCUT2D eigenvalue weighted by Crippen LogP contribution is -2.29. The molecule has 96 valence electrons. The number of fused-ring (bicyclic) bond motifs is 1. The number of rotatable bonds is 2. The molecule has 1 aliphatic rings. The smallest absolute Gasteiger partial charge is 0.125 e. The van der Waals surface area contributed by atoms with Crippen LogP contribution in [-0.2, 0) is 13.5 Å². The van der Waals surface area contributed by atoms with Gasteiger partial charge in [0.2, 0.25) is 0 Å². The summed E-state index contributed by atoms with van der Waals surface area (Å²) < 4.78 is 15.3. The zero-order valence-corrected chi connectivity index (χ0v) is 10.6. The maximum Gasteiger partial charge on any atom is 0.125 e. The van der Waals surface area contributed by atoms with Crippen LogP contribution in [0.5, 0.6) is 0 Å². The van der Waals surface area contributed by atoms with Crippen molar-refractivity contribution in [1.82, 2.24) is 14.9 Å². The molecule has 2 heterocycles. The average Bonchev–Trinajstić information content (AvgIpc) is 2.67. The molecule has 18 heavy (non-hydrogen) atoms. The highest BCUT2D eigenvalue weighted by Gasteiger charge is 2.17. The van der Waals surface area contributed by atoms with Crippen molar-refractivity contribution < 1.29 is 4.39 Å². The minimum atomic E-state index is -0.214. The third-order valence-electron chi connectivity index (χ3n) is 3.87. The molecule has 1 N–H and O–H groups in total. The van der Waals surface area contributed by atoms with Crippen molar-refractivity contribution in [2.75, 3.05) is 13.1 Å². The Hall–Kier alpha value is -1.42. The molecule has 3 rings (SSSR count). The third-order valence-corrected chi connectivity index (χ3v) is 3.87. The Balaban J connectivity index is 1.89. The first-order chi connectivity index (χ1) is 8.74. The van der Waals surface area contributed by atoms with Crippen LogP contribution in [0.25, 0.3) is 11.0 Å². The first kappa shape index (κ1) is 11.7. The molecule has 0 atom stereocenters. The Bertz CT molecular complexity index is 555. The summed E-state index contributed by atoms with van der Waals surface area (Å²) in [7, 11) is 2.02. The minimum absolute atomic E-state index is 0.214. The van der Waals surface area contributed by atoms with Gasteiger partial charge in [0.05, 0.1) is 11.0 Å². The predicted octanol–water partition coefficient (Wildman–Crippen LogP) is 2.25. The number of nitrogens with zero attached hydrogens (tertiary/aromatic N) is 2. The molecule has 3 nitrogen and oxygen atoms in total. The molecule has 1 saturated heterocycles. The second-order valence-corrected chi connectivity index (χ2v) is 5.12. The molecular weight excluding hydrogens is 229 g/mol. The van der Waals surface area contributed by atoms with Crippen LogP contribution in [0.15, 0.2) is 18.2 Å². The number of aryl methyl sites for hydroxylation is 1. The van der Waals surface area contributed by atoms with Crippen LogP contribution < -0.4 is 5.32 Å². The number of piperidine rings is 1. The van der Waals surface area contributed by atoms with Crippen molar-refractivity contribution in [3.8, 4) is 0 Å². The SMILES string of the molecule is Cn1c(CC2CCNCC2)nc2cc(F)ccc21. The van der Waals surface area contributed by atoms with Gasteiger partial charge in [-0.1, -0.05) is 0 Å². The van der Waals surface area contributed by atoms with E-state index in [1.807, 2.05) is 13.1 Å². The van der Waals surface area contributed by atoms with Crippen LogP contribution in [0.3, 0.4) is 0 Å². The number of aromatic nitrogens is 2. The summed E-state index contributed by atoms with van der Waals surface area (Å²) in [5.74, 6) is 1.56. The van der Waals surface area contributed by atoms with Gasteiger partial charge in [0, 0.05) is 19.5 Å². The highest BCUT2D eigenvalue weighted by Crippen LogP contribution is 2.21. The standard InChI is InChI=1S/C14H18FN3/c1-18-13-3-2-11(15)9-12(13)17-14(18)8-10-4-6-16-7-5-10/h2-3,9-10,16H,4-8H2,1H3. The number of benzene rings is 1. The average molecular weight is 247 g/mol. The van der Waals surface area contributed by atoms with E-state index in [2.05, 4.69) is 14.9 Å². The zero-order valence-electron chi connectivity index (χ0n) is 10.6. The fourth-order valence-electron chi connectivity index (χ4n) is 2.75. The van der Waals surface area contributed by atoms with E-state index in [0.29, 0.717) is 5.92 Å². The molecule has 0 radical (unpaired) electrons. The minimum Gasteiger partial charge on any atom is -0.331 e. The lowest BCUT2D eigenvalue weighted by atomic mass is 9.94. The van der Waals surface area contributed by atoms with Gasteiger partial charge in [-0.3, -0.25) is 0 Å². The van der Waals surface area contributed by atoms with Gasteiger partial charge in [-0.2, -0.15) is 0 Å². The van der Waals surface area contributed by atoms with Crippen LogP contribution >= 0.6 is 0 Å². The molecular formula is C14H18FN3. The molecule has 1 aromatic carbocycles. The Kier molecular flexibility index (Phi) is 3.04. The second-order valence-electron chi connectivity index (χ2n) is 5.12. The maximum absolute atomic E-state index is 13.2. The summed E-state index contributed by atoms with van der Waals surface area (Å²) in [6.07, 6.45) is 3.41. The molecule has 0 unspecified atom stereocenters. The number of halogens is 1. The van der Waals surface area contributed by atoms with E-state index in [0.717, 1.165) is 36.4 Å². The van der Waals surface area contributed by atoms with E-state index in [1.54, 1.807) is 0 Å². The Morgan fingerprint density at radius 2 is 2.17 bits per heavy atom. The van der Waals surface area contributed by atoms with Gasteiger partial charge in [0.15, 0.2) is 0 Å². The highest BCUT2D eigenvalue weighted by atomic mass is 19.1. The van der Waals surface area contributed by atoms with Gasteiger partial charge in [-0.15, -0.1) is 0 Å². The lowest BCUT2D eigenvalue weighted by Gasteiger charge is -2.22. The van der Waals surface area contributed by atoms with E-state index >= 15 is 0 Å². The highest BCUT2D eigenvalue weighted by molar-refractivity contribution is 5.75. The van der Waals surface area contributed by atoms with Crippen molar-refractivity contribution in [3.63, 3.8) is 0 Å². The van der Waals surface area contributed by atoms with Crippen molar-refractivity contribution in [1.29, 1.82) is 0 Å². The number of hydrogen-bond acceptors (Lipinski definition) is 2. The first-order valence-electron chi connectivity index (χ1n) is 6.55. The molecule has 0 bridgehead atoms. The Labute approximate surface area is 106 Å². The van der Waals surface area contributed by atoms with Gasteiger partial charge in [0.1, 0.15) is 11.6 Å². The lowest BCUT2D eigenvalue weighted by molar-refractivity contribution is 0.365. The molecule has 1 aliphatic heterocycles. The van der Waals surface area contributed by atoms with Gasteiger partial charge in [-0.05, 0) is 44.0 Å². The molecule has 0 aliphatic carbocycles. The number of nitrogens with one attached hydrogen (secondary N) is 1. The van der Waals surface area contributed by atoms with Crippen molar-refractivity contribution in [3.05, 3.63) is 29.8 Å². The Morgan fingerprint density at radius 3 is 2.94 bits per heavy atom. The molecule has 1 fully saturated rings. The van der Waals surface area contributed by atoms with Crippen LogP contribution in [-0.4, -0.2) is 22.6 Å². The number of imidazole rings is 1. The van der Waals surface area contributed by atoms with Crippen molar-refractivity contribution in [2.24, 2.45) is 13.0 Å². The normalized spacial score (nSPS) is 17.4. The van der Waals surface area contributed by atoms with E-state index in [9.17, 15) is 4.39 Å². The largest absolute Gasteiger partial charge is 0.331 e. The summed E-state index contributed by atoms with van der Waals surface area (Å²) in [5, 5.41) is 3.37. The zero-order chi connectivity index (χ0) is 12.5. The van der Waals surface area contributed by atoms with E-state index in [-0.39, 0.29) is 5.82 Å². The first-order valence-corrected chi connectivity index (χ1v) is 6.55. The molecule has 0 spiro atoms. The van der Waals surface area contributed by atoms with E-state index < -0.39 is 0 Å². The quantitative estimate of drug-likeness (QED) is 0.882. The summed E-state index contributed by atoms with van der Waals surface area (Å²) in [6.45, 7) is 2.20. The number of hydrogen-bond donors (Lipinski definition) is 1. The molecule has 0 saturated carbocycles. The maximum atomic E-state index is 13.2. The molecule has 4 heteroatoms. The second kappa shape index (κ2) is 4.69. The van der Waals surface area contributed by atoms with Crippen LogP contribution in [0.4, 0.5) is 4.39 Å². The van der Waals surface area contributed by atoms with E-state index in [4.69, 9.17) is 0 Å². The summed E-state index contributed by atoms with van der Waals surface area (Å²) >= 11 is 0. The van der Waals surface area contributed by atoms with Crippen molar-refractivity contribution in [2.45, 2.75) is 19.3 Å². The topological polar surface area (TPSA) is 29.9 Å². The monoisotopic (exact) mass is 247 g/mol. The van der Waals surface area contributed by atoms with Crippen LogP contribution in [0.2, 0.25) is 0 Å². The Morgan fingerprint density at radius 1 is 1.39 bits per heavy atom. The van der Waals surface area contributed by atoms with Crippen LogP contribution in [0, 0.1) is 11.7 Å². The fourth-order valence-corrected chi connectivity index (χ4v) is 2.75. The molecule has 0 amide bonds.